The average molecular weight is 315 g/mol. The van der Waals surface area contributed by atoms with E-state index >= 15 is 0 Å². The van der Waals surface area contributed by atoms with Crippen LogP contribution in [0.2, 0.25) is 10.0 Å². The van der Waals surface area contributed by atoms with Gasteiger partial charge in [0.2, 0.25) is 0 Å². The minimum atomic E-state index is 0.163. The van der Waals surface area contributed by atoms with E-state index in [0.29, 0.717) is 16.1 Å². The Kier molecular flexibility index (Phi) is 5.36. The van der Waals surface area contributed by atoms with E-state index in [4.69, 9.17) is 23.2 Å². The maximum Gasteiger partial charge on any atom is 0.0595 e. The molecule has 1 unspecified atom stereocenters. The first kappa shape index (κ1) is 16.1. The minimum absolute atomic E-state index is 0.163. The molecule has 1 fully saturated rings. The molecule has 0 spiro atoms. The van der Waals surface area contributed by atoms with Crippen molar-refractivity contribution < 1.29 is 0 Å². The van der Waals surface area contributed by atoms with Gasteiger partial charge in [0, 0.05) is 31.2 Å². The fourth-order valence-electron chi connectivity index (χ4n) is 2.76. The van der Waals surface area contributed by atoms with Gasteiger partial charge in [-0.05, 0) is 38.0 Å². The Bertz CT molecular complexity index is 460. The standard InChI is InChI=1S/C16H24Cl2N2/c1-4-5-13-10-20(16(2,3)11-19-13)9-12-6-7-14(17)15(18)8-12/h6-8,13,19H,4-5,9-11H2,1-3H3. The van der Waals surface area contributed by atoms with E-state index in [1.54, 1.807) is 0 Å². The first-order valence-corrected chi connectivity index (χ1v) is 8.10. The number of benzene rings is 1. The van der Waals surface area contributed by atoms with Crippen LogP contribution in [-0.4, -0.2) is 29.6 Å². The van der Waals surface area contributed by atoms with Crippen LogP contribution in [-0.2, 0) is 6.54 Å². The molecule has 112 valence electrons. The highest BCUT2D eigenvalue weighted by molar-refractivity contribution is 6.42. The van der Waals surface area contributed by atoms with E-state index in [9.17, 15) is 0 Å². The van der Waals surface area contributed by atoms with Crippen molar-refractivity contribution in [3.05, 3.63) is 33.8 Å². The fourth-order valence-corrected chi connectivity index (χ4v) is 3.08. The lowest BCUT2D eigenvalue weighted by Crippen LogP contribution is -2.61. The van der Waals surface area contributed by atoms with Gasteiger partial charge in [0.05, 0.1) is 10.0 Å². The smallest absolute Gasteiger partial charge is 0.0595 e. The first-order chi connectivity index (χ1) is 9.42. The number of hydrogen-bond donors (Lipinski definition) is 1. The highest BCUT2D eigenvalue weighted by Gasteiger charge is 2.33. The predicted molar refractivity (Wildman–Crippen MR) is 87.6 cm³/mol. The zero-order valence-corrected chi connectivity index (χ0v) is 14.1. The van der Waals surface area contributed by atoms with Gasteiger partial charge in [0.1, 0.15) is 0 Å². The molecule has 0 amide bonds. The van der Waals surface area contributed by atoms with Crippen molar-refractivity contribution in [3.8, 4) is 0 Å². The van der Waals surface area contributed by atoms with Crippen LogP contribution in [0.3, 0.4) is 0 Å². The summed E-state index contributed by atoms with van der Waals surface area (Å²) in [7, 11) is 0. The molecule has 0 radical (unpaired) electrons. The van der Waals surface area contributed by atoms with Gasteiger partial charge in [-0.2, -0.15) is 0 Å². The molecule has 0 saturated carbocycles. The highest BCUT2D eigenvalue weighted by Crippen LogP contribution is 2.26. The van der Waals surface area contributed by atoms with Crippen LogP contribution in [0.1, 0.15) is 39.2 Å². The molecule has 1 aromatic rings. The molecule has 0 bridgehead atoms. The number of hydrogen-bond acceptors (Lipinski definition) is 2. The predicted octanol–water partition coefficient (Wildman–Crippen LogP) is 4.35. The van der Waals surface area contributed by atoms with Crippen LogP contribution in [0.25, 0.3) is 0 Å². The van der Waals surface area contributed by atoms with Gasteiger partial charge in [-0.3, -0.25) is 4.90 Å². The number of nitrogens with one attached hydrogen (secondary N) is 1. The summed E-state index contributed by atoms with van der Waals surface area (Å²) in [5.41, 5.74) is 1.39. The van der Waals surface area contributed by atoms with E-state index in [1.165, 1.54) is 18.4 Å². The third-order valence-electron chi connectivity index (χ3n) is 4.11. The Balaban J connectivity index is 2.09. The zero-order chi connectivity index (χ0) is 14.8. The summed E-state index contributed by atoms with van der Waals surface area (Å²) in [4.78, 5) is 2.55. The third kappa shape index (κ3) is 3.88. The second kappa shape index (κ2) is 6.65. The molecule has 1 atom stereocenters. The Morgan fingerprint density at radius 1 is 1.30 bits per heavy atom. The number of piperazine rings is 1. The van der Waals surface area contributed by atoms with Crippen LogP contribution < -0.4 is 5.32 Å². The van der Waals surface area contributed by atoms with Crippen LogP contribution in [0.5, 0.6) is 0 Å². The minimum Gasteiger partial charge on any atom is -0.311 e. The molecule has 2 rings (SSSR count). The normalized spacial score (nSPS) is 22.9. The molecule has 1 N–H and O–H groups in total. The summed E-state index contributed by atoms with van der Waals surface area (Å²) in [6, 6.07) is 6.53. The molecule has 1 aliphatic heterocycles. The van der Waals surface area contributed by atoms with Gasteiger partial charge >= 0.3 is 0 Å². The van der Waals surface area contributed by atoms with E-state index in [0.717, 1.165) is 19.6 Å². The van der Waals surface area contributed by atoms with Crippen molar-refractivity contribution in [3.63, 3.8) is 0 Å². The molecular formula is C16H24Cl2N2. The van der Waals surface area contributed by atoms with Crippen molar-refractivity contribution in [1.82, 2.24) is 10.2 Å². The monoisotopic (exact) mass is 314 g/mol. The van der Waals surface area contributed by atoms with Gasteiger partial charge in [-0.1, -0.05) is 42.6 Å². The summed E-state index contributed by atoms with van der Waals surface area (Å²) in [5.74, 6) is 0. The zero-order valence-electron chi connectivity index (χ0n) is 12.5. The van der Waals surface area contributed by atoms with Crippen LogP contribution in [0.4, 0.5) is 0 Å². The number of nitrogens with zero attached hydrogens (tertiary/aromatic N) is 1. The Morgan fingerprint density at radius 3 is 2.70 bits per heavy atom. The van der Waals surface area contributed by atoms with Gasteiger partial charge in [0.25, 0.3) is 0 Å². The van der Waals surface area contributed by atoms with E-state index < -0.39 is 0 Å². The van der Waals surface area contributed by atoms with Crippen LogP contribution in [0.15, 0.2) is 18.2 Å². The van der Waals surface area contributed by atoms with Crippen molar-refractivity contribution in [1.29, 1.82) is 0 Å². The Labute approximate surface area is 132 Å². The quantitative estimate of drug-likeness (QED) is 0.889. The average Bonchev–Trinajstić information content (AvgIpc) is 2.38. The molecule has 20 heavy (non-hydrogen) atoms. The third-order valence-corrected chi connectivity index (χ3v) is 4.85. The molecule has 1 aliphatic rings. The van der Waals surface area contributed by atoms with Gasteiger partial charge in [0.15, 0.2) is 0 Å². The molecule has 1 aromatic carbocycles. The molecule has 1 saturated heterocycles. The second-order valence-electron chi connectivity index (χ2n) is 6.31. The molecule has 1 heterocycles. The SMILES string of the molecule is CCCC1CN(Cc2ccc(Cl)c(Cl)c2)C(C)(C)CN1. The topological polar surface area (TPSA) is 15.3 Å². The van der Waals surface area contributed by atoms with Gasteiger partial charge < -0.3 is 5.32 Å². The van der Waals surface area contributed by atoms with Crippen molar-refractivity contribution >= 4 is 23.2 Å². The molecular weight excluding hydrogens is 291 g/mol. The lowest BCUT2D eigenvalue weighted by Gasteiger charge is -2.46. The van der Waals surface area contributed by atoms with Crippen LogP contribution in [0, 0.1) is 0 Å². The van der Waals surface area contributed by atoms with E-state index in [1.807, 2.05) is 12.1 Å². The lowest BCUT2D eigenvalue weighted by atomic mass is 9.95. The van der Waals surface area contributed by atoms with E-state index in [2.05, 4.69) is 37.1 Å². The largest absolute Gasteiger partial charge is 0.311 e. The summed E-state index contributed by atoms with van der Waals surface area (Å²) < 4.78 is 0. The fraction of sp³-hybridized carbons (Fsp3) is 0.625. The molecule has 0 aliphatic carbocycles. The van der Waals surface area contributed by atoms with Crippen molar-refractivity contribution in [2.45, 2.75) is 51.7 Å². The summed E-state index contributed by atoms with van der Waals surface area (Å²) in [6.45, 7) is 9.86. The second-order valence-corrected chi connectivity index (χ2v) is 7.12. The summed E-state index contributed by atoms with van der Waals surface area (Å²) in [6.07, 6.45) is 2.45. The van der Waals surface area contributed by atoms with Crippen molar-refractivity contribution in [2.75, 3.05) is 13.1 Å². The Morgan fingerprint density at radius 2 is 2.05 bits per heavy atom. The van der Waals surface area contributed by atoms with Gasteiger partial charge in [-0.25, -0.2) is 0 Å². The summed E-state index contributed by atoms with van der Waals surface area (Å²) in [5, 5.41) is 4.92. The number of halogens is 2. The maximum absolute atomic E-state index is 6.12. The Hall–Kier alpha value is -0.280. The van der Waals surface area contributed by atoms with Gasteiger partial charge in [-0.15, -0.1) is 0 Å². The molecule has 4 heteroatoms. The summed E-state index contributed by atoms with van der Waals surface area (Å²) >= 11 is 12.1. The lowest BCUT2D eigenvalue weighted by molar-refractivity contribution is 0.0564. The van der Waals surface area contributed by atoms with E-state index in [-0.39, 0.29) is 5.54 Å². The highest BCUT2D eigenvalue weighted by atomic mass is 35.5. The first-order valence-electron chi connectivity index (χ1n) is 7.34. The van der Waals surface area contributed by atoms with Crippen LogP contribution >= 0.6 is 23.2 Å². The number of rotatable bonds is 4. The van der Waals surface area contributed by atoms with Crippen molar-refractivity contribution in [2.24, 2.45) is 0 Å². The maximum atomic E-state index is 6.12. The molecule has 2 nitrogen and oxygen atoms in total. The molecule has 0 aromatic heterocycles.